The molecule has 0 N–H and O–H groups in total. The molecule has 2 nitrogen and oxygen atoms in total. The van der Waals surface area contributed by atoms with Crippen molar-refractivity contribution in [2.75, 3.05) is 9.80 Å². The van der Waals surface area contributed by atoms with Crippen LogP contribution < -0.4 is 42.6 Å². The van der Waals surface area contributed by atoms with Gasteiger partial charge in [0.1, 0.15) is 0 Å². The van der Waals surface area contributed by atoms with Crippen LogP contribution in [0.4, 0.5) is 34.1 Å². The van der Waals surface area contributed by atoms with Gasteiger partial charge in [0.2, 0.25) is 13.4 Å². The van der Waals surface area contributed by atoms with Crippen LogP contribution in [0.3, 0.4) is 0 Å². The predicted molar refractivity (Wildman–Crippen MR) is 334 cm³/mol. The zero-order valence-corrected chi connectivity index (χ0v) is 45.5. The minimum absolute atomic E-state index is 0.0634. The van der Waals surface area contributed by atoms with Crippen LogP contribution in [0.2, 0.25) is 0 Å². The Hall–Kier alpha value is -8.07. The molecule has 0 amide bonds. The third kappa shape index (κ3) is 6.90. The maximum atomic E-state index is 2.60. The summed E-state index contributed by atoms with van der Waals surface area (Å²) in [4.78, 5) is 5.07. The van der Waals surface area contributed by atoms with Crippen LogP contribution >= 0.6 is 0 Å². The van der Waals surface area contributed by atoms with Crippen LogP contribution in [-0.2, 0) is 10.8 Å². The van der Waals surface area contributed by atoms with Crippen LogP contribution in [-0.4, -0.2) is 13.4 Å². The molecule has 3 heterocycles. The lowest BCUT2D eigenvalue weighted by Gasteiger charge is -2.46. The fourth-order valence-electron chi connectivity index (χ4n) is 15.4. The third-order valence-corrected chi connectivity index (χ3v) is 19.0. The molecule has 376 valence electrons. The van der Waals surface area contributed by atoms with E-state index in [4.69, 9.17) is 0 Å². The Morgan fingerprint density at radius 3 is 1.32 bits per heavy atom. The van der Waals surface area contributed by atoms with Crippen LogP contribution in [0.25, 0.3) is 44.5 Å². The van der Waals surface area contributed by atoms with E-state index in [-0.39, 0.29) is 24.3 Å². The molecule has 15 rings (SSSR count). The zero-order chi connectivity index (χ0) is 52.3. The molecular formula is C74H64B2N2. The molecule has 0 fully saturated rings. The molecule has 4 heteroatoms. The van der Waals surface area contributed by atoms with E-state index in [1.54, 1.807) is 11.1 Å². The molecule has 0 radical (unpaired) electrons. The van der Waals surface area contributed by atoms with Crippen molar-refractivity contribution < 1.29 is 0 Å². The van der Waals surface area contributed by atoms with Gasteiger partial charge in [0.05, 0.1) is 0 Å². The minimum atomic E-state index is -0.190. The van der Waals surface area contributed by atoms with Gasteiger partial charge in [0.15, 0.2) is 0 Å². The molecule has 10 aromatic carbocycles. The first-order chi connectivity index (χ1) is 38.4. The van der Waals surface area contributed by atoms with Crippen molar-refractivity contribution in [2.24, 2.45) is 0 Å². The maximum Gasteiger partial charge on any atom is 0.245 e. The number of anilines is 6. The summed E-state index contributed by atoms with van der Waals surface area (Å²) in [7, 11) is 0. The van der Waals surface area contributed by atoms with Gasteiger partial charge in [-0.3, -0.25) is 0 Å². The van der Waals surface area contributed by atoms with Gasteiger partial charge in [-0.1, -0.05) is 229 Å². The summed E-state index contributed by atoms with van der Waals surface area (Å²) in [6, 6.07) is 84.1. The molecule has 5 aliphatic rings. The zero-order valence-electron chi connectivity index (χ0n) is 45.5. The van der Waals surface area contributed by atoms with E-state index in [2.05, 4.69) is 256 Å². The molecule has 0 saturated carbocycles. The average molecular weight is 1000 g/mol. The van der Waals surface area contributed by atoms with E-state index in [1.807, 2.05) is 0 Å². The lowest BCUT2D eigenvalue weighted by molar-refractivity contribution is 0.405. The monoisotopic (exact) mass is 1000 g/mol. The molecular weight excluding hydrogens is 938 g/mol. The molecule has 0 aromatic heterocycles. The highest BCUT2D eigenvalue weighted by Crippen LogP contribution is 2.56. The fraction of sp³-hybridized carbons (Fsp3) is 0.189. The van der Waals surface area contributed by atoms with Crippen molar-refractivity contribution in [3.8, 4) is 44.5 Å². The van der Waals surface area contributed by atoms with Crippen molar-refractivity contribution in [3.63, 3.8) is 0 Å². The second-order valence-corrected chi connectivity index (χ2v) is 23.5. The predicted octanol–water partition coefficient (Wildman–Crippen LogP) is 15.7. The van der Waals surface area contributed by atoms with E-state index in [0.717, 1.165) is 0 Å². The third-order valence-electron chi connectivity index (χ3n) is 19.0. The molecule has 0 unspecified atom stereocenters. The van der Waals surface area contributed by atoms with Gasteiger partial charge in [-0.25, -0.2) is 0 Å². The van der Waals surface area contributed by atoms with Crippen LogP contribution in [0.1, 0.15) is 101 Å². The van der Waals surface area contributed by atoms with Crippen molar-refractivity contribution in [1.29, 1.82) is 0 Å². The number of rotatable bonds is 12. The first kappa shape index (κ1) is 47.2. The molecule has 0 bridgehead atoms. The van der Waals surface area contributed by atoms with E-state index in [1.165, 1.54) is 174 Å². The Morgan fingerprint density at radius 2 is 0.756 bits per heavy atom. The standard InChI is InChI=1S/C74H64B2N2/c1-5-7-21-43-74(44-22-8-6-2)59-28-16-15-27-55(59)58-39-35-51(47-62(58)74)49-33-37-56-57-38-34-50(46-61(57)73(3,4)60(56)45-49)52-36-40-66-70(48-52)78(54-25-13-10-14-26-54)69-42-41-68-71-72(69)76(66)64-30-18-17-29-63(64)75(71)65-31-19-20-32-67(65)77(68)53-23-11-9-12-24-53/h9-20,23-42,45-48H,5-8,21-22,43-44H2,1-4H3. The van der Waals surface area contributed by atoms with Crippen molar-refractivity contribution in [3.05, 3.63) is 241 Å². The average Bonchev–Trinajstić information content (AvgIpc) is 3.58. The van der Waals surface area contributed by atoms with E-state index in [9.17, 15) is 0 Å². The van der Waals surface area contributed by atoms with E-state index >= 15 is 0 Å². The highest BCUT2D eigenvalue weighted by atomic mass is 15.2. The summed E-state index contributed by atoms with van der Waals surface area (Å²) in [6.45, 7) is 9.75. The normalized spacial score (nSPS) is 14.9. The number of hydrogen-bond donors (Lipinski definition) is 0. The SMILES string of the molecule is CCCCCC1(CCCCC)c2ccccc2-c2ccc(-c3ccc4c(c3)C(C)(C)c3cc(-c5ccc6c(c5)N(c5ccccc5)c5ccc7c8c5B6c5ccccc5B8c5ccccc5N7c5ccccc5)ccc3-4)cc21. The van der Waals surface area contributed by atoms with Gasteiger partial charge in [-0.05, 0) is 168 Å². The summed E-state index contributed by atoms with van der Waals surface area (Å²) in [5.41, 5.74) is 32.2. The quantitative estimate of drug-likeness (QED) is 0.0889. The van der Waals surface area contributed by atoms with Gasteiger partial charge in [0.25, 0.3) is 0 Å². The van der Waals surface area contributed by atoms with Crippen molar-refractivity contribution in [1.82, 2.24) is 0 Å². The fourth-order valence-corrected chi connectivity index (χ4v) is 15.4. The summed E-state index contributed by atoms with van der Waals surface area (Å²) in [5.74, 6) is 0. The van der Waals surface area contributed by atoms with Gasteiger partial charge < -0.3 is 9.80 Å². The van der Waals surface area contributed by atoms with Gasteiger partial charge >= 0.3 is 0 Å². The molecule has 0 atom stereocenters. The molecule has 0 spiro atoms. The largest absolute Gasteiger partial charge is 0.312 e. The Bertz CT molecular complexity index is 4010. The molecule has 78 heavy (non-hydrogen) atoms. The number of para-hydroxylation sites is 3. The number of fused-ring (bicyclic) bond motifs is 13. The second-order valence-electron chi connectivity index (χ2n) is 23.5. The molecule has 10 aromatic rings. The minimum Gasteiger partial charge on any atom is -0.312 e. The van der Waals surface area contributed by atoms with Gasteiger partial charge in [-0.15, -0.1) is 0 Å². The Balaban J connectivity index is 0.830. The Kier molecular flexibility index (Phi) is 11.1. The maximum absolute atomic E-state index is 2.60. The first-order valence-corrected chi connectivity index (χ1v) is 29.1. The lowest BCUT2D eigenvalue weighted by Crippen LogP contribution is -2.78. The number of benzene rings is 10. The smallest absolute Gasteiger partial charge is 0.245 e. The summed E-state index contributed by atoms with van der Waals surface area (Å²) < 4.78 is 0. The number of nitrogens with zero attached hydrogens (tertiary/aromatic N) is 2. The molecule has 0 saturated heterocycles. The lowest BCUT2D eigenvalue weighted by atomic mass is 9.19. The van der Waals surface area contributed by atoms with E-state index in [0.29, 0.717) is 0 Å². The summed E-state index contributed by atoms with van der Waals surface area (Å²) >= 11 is 0. The molecule has 2 aliphatic carbocycles. The van der Waals surface area contributed by atoms with Crippen LogP contribution in [0.5, 0.6) is 0 Å². The summed E-state index contributed by atoms with van der Waals surface area (Å²) in [5, 5.41) is 0. The molecule has 3 aliphatic heterocycles. The van der Waals surface area contributed by atoms with Gasteiger partial charge in [-0.2, -0.15) is 0 Å². The second kappa shape index (κ2) is 18.3. The van der Waals surface area contributed by atoms with Crippen molar-refractivity contribution in [2.45, 2.75) is 89.9 Å². The van der Waals surface area contributed by atoms with Crippen LogP contribution in [0, 0.1) is 0 Å². The number of unbranched alkanes of at least 4 members (excludes halogenated alkanes) is 4. The van der Waals surface area contributed by atoms with Gasteiger partial charge in [0, 0.05) is 45.0 Å². The van der Waals surface area contributed by atoms with E-state index < -0.39 is 0 Å². The number of hydrogen-bond acceptors (Lipinski definition) is 2. The highest BCUT2D eigenvalue weighted by molar-refractivity contribution is 7.13. The summed E-state index contributed by atoms with van der Waals surface area (Å²) in [6.07, 6.45) is 10.0. The Labute approximate surface area is 462 Å². The first-order valence-electron chi connectivity index (χ1n) is 29.1. The van der Waals surface area contributed by atoms with Crippen LogP contribution in [0.15, 0.2) is 218 Å². The topological polar surface area (TPSA) is 6.48 Å². The van der Waals surface area contributed by atoms with Crippen molar-refractivity contribution >= 4 is 80.3 Å². The Morgan fingerprint density at radius 1 is 0.333 bits per heavy atom. The highest BCUT2D eigenvalue weighted by Gasteiger charge is 2.49.